The first kappa shape index (κ1) is 18.6. The molecule has 5 heteroatoms. The second kappa shape index (κ2) is 8.45. The lowest BCUT2D eigenvalue weighted by atomic mass is 10.1. The molecule has 0 unspecified atom stereocenters. The number of benzene rings is 2. The van der Waals surface area contributed by atoms with E-state index in [-0.39, 0.29) is 5.91 Å². The average Bonchev–Trinajstić information content (AvgIpc) is 2.68. The number of aryl methyl sites for hydroxylation is 1. The van der Waals surface area contributed by atoms with E-state index in [0.29, 0.717) is 25.3 Å². The zero-order valence-corrected chi connectivity index (χ0v) is 16.1. The summed E-state index contributed by atoms with van der Waals surface area (Å²) in [5.74, 6) is 0.888. The van der Waals surface area contributed by atoms with Crippen LogP contribution in [0, 0.1) is 6.92 Å². The summed E-state index contributed by atoms with van der Waals surface area (Å²) in [6.45, 7) is 7.89. The van der Waals surface area contributed by atoms with Gasteiger partial charge >= 0.3 is 0 Å². The second-order valence-corrected chi connectivity index (χ2v) is 7.02. The molecule has 3 rings (SSSR count). The number of hydrogen-bond acceptors (Lipinski definition) is 3. The summed E-state index contributed by atoms with van der Waals surface area (Å²) >= 11 is 6.14. The van der Waals surface area contributed by atoms with Gasteiger partial charge in [-0.1, -0.05) is 24.6 Å². The smallest absolute Gasteiger partial charge is 0.253 e. The number of carbonyl (C=O) groups is 1. The summed E-state index contributed by atoms with van der Waals surface area (Å²) in [6.07, 6.45) is 0.969. The van der Waals surface area contributed by atoms with Crippen LogP contribution in [0.4, 0.5) is 5.69 Å². The van der Waals surface area contributed by atoms with Crippen molar-refractivity contribution in [1.82, 2.24) is 4.90 Å². The molecule has 0 spiro atoms. The van der Waals surface area contributed by atoms with E-state index >= 15 is 0 Å². The van der Waals surface area contributed by atoms with Crippen LogP contribution in [0.5, 0.6) is 5.75 Å². The summed E-state index contributed by atoms with van der Waals surface area (Å²) in [5.41, 5.74) is 3.07. The van der Waals surface area contributed by atoms with Crippen molar-refractivity contribution in [3.8, 4) is 5.75 Å². The molecule has 2 aromatic rings. The Hall–Kier alpha value is -2.20. The first-order chi connectivity index (χ1) is 12.6. The molecule has 26 heavy (non-hydrogen) atoms. The van der Waals surface area contributed by atoms with Gasteiger partial charge in [0, 0.05) is 42.5 Å². The van der Waals surface area contributed by atoms with E-state index in [4.69, 9.17) is 16.3 Å². The topological polar surface area (TPSA) is 32.8 Å². The minimum absolute atomic E-state index is 0.0782. The minimum atomic E-state index is 0.0782. The van der Waals surface area contributed by atoms with Gasteiger partial charge in [-0.2, -0.15) is 0 Å². The predicted octanol–water partition coefficient (Wildman–Crippen LogP) is 4.40. The molecule has 4 nitrogen and oxygen atoms in total. The molecular formula is C21H25ClN2O2. The zero-order chi connectivity index (χ0) is 18.5. The predicted molar refractivity (Wildman–Crippen MR) is 107 cm³/mol. The summed E-state index contributed by atoms with van der Waals surface area (Å²) in [6, 6.07) is 13.4. The number of hydrogen-bond donors (Lipinski definition) is 0. The van der Waals surface area contributed by atoms with Crippen molar-refractivity contribution < 1.29 is 9.53 Å². The third-order valence-electron chi connectivity index (χ3n) is 4.65. The third-order valence-corrected chi connectivity index (χ3v) is 4.89. The van der Waals surface area contributed by atoms with Crippen molar-refractivity contribution in [2.75, 3.05) is 37.7 Å². The highest BCUT2D eigenvalue weighted by Gasteiger charge is 2.23. The van der Waals surface area contributed by atoms with E-state index in [1.165, 1.54) is 5.56 Å². The van der Waals surface area contributed by atoms with Gasteiger partial charge < -0.3 is 14.5 Å². The van der Waals surface area contributed by atoms with E-state index in [0.717, 1.165) is 36.0 Å². The number of rotatable bonds is 5. The van der Waals surface area contributed by atoms with Gasteiger partial charge in [0.1, 0.15) is 5.75 Å². The average molecular weight is 373 g/mol. The molecule has 1 saturated heterocycles. The fraction of sp³-hybridized carbons (Fsp3) is 0.381. The van der Waals surface area contributed by atoms with E-state index in [2.05, 4.69) is 18.7 Å². The summed E-state index contributed by atoms with van der Waals surface area (Å²) in [7, 11) is 0. The summed E-state index contributed by atoms with van der Waals surface area (Å²) in [5, 5.41) is 0.745. The van der Waals surface area contributed by atoms with E-state index in [1.54, 1.807) is 0 Å². The Kier molecular flexibility index (Phi) is 6.04. The first-order valence-electron chi connectivity index (χ1n) is 9.11. The van der Waals surface area contributed by atoms with E-state index < -0.39 is 0 Å². The Morgan fingerprint density at radius 2 is 1.77 bits per heavy atom. The van der Waals surface area contributed by atoms with Gasteiger partial charge in [-0.05, 0) is 55.3 Å². The van der Waals surface area contributed by atoms with Crippen molar-refractivity contribution >= 4 is 23.2 Å². The maximum absolute atomic E-state index is 12.7. The number of nitrogens with zero attached hydrogens (tertiary/aromatic N) is 2. The van der Waals surface area contributed by atoms with Crippen molar-refractivity contribution in [3.63, 3.8) is 0 Å². The standard InChI is InChI=1S/C21H25ClN2O2/c1-3-14-26-19-8-5-17(6-9-19)21(25)24-12-10-23(11-13-24)20-15-18(22)7-4-16(20)2/h4-9,15H,3,10-14H2,1-2H3. The number of ether oxygens (including phenoxy) is 1. The van der Waals surface area contributed by atoms with Gasteiger partial charge in [-0.25, -0.2) is 0 Å². The van der Waals surface area contributed by atoms with Gasteiger partial charge in [0.05, 0.1) is 6.61 Å². The Morgan fingerprint density at radius 1 is 1.08 bits per heavy atom. The molecule has 1 fully saturated rings. The lowest BCUT2D eigenvalue weighted by molar-refractivity contribution is 0.0746. The van der Waals surface area contributed by atoms with Crippen LogP contribution in [0.3, 0.4) is 0 Å². The van der Waals surface area contributed by atoms with Gasteiger partial charge in [-0.3, -0.25) is 4.79 Å². The molecule has 1 aliphatic heterocycles. The SMILES string of the molecule is CCCOc1ccc(C(=O)N2CCN(c3cc(Cl)ccc3C)CC2)cc1. The third kappa shape index (κ3) is 4.31. The van der Waals surface area contributed by atoms with Crippen LogP contribution in [0.2, 0.25) is 5.02 Å². The molecule has 0 radical (unpaired) electrons. The molecule has 0 saturated carbocycles. The molecule has 1 heterocycles. The molecular weight excluding hydrogens is 348 g/mol. The summed E-state index contributed by atoms with van der Waals surface area (Å²) in [4.78, 5) is 16.9. The molecule has 0 N–H and O–H groups in total. The summed E-state index contributed by atoms with van der Waals surface area (Å²) < 4.78 is 5.58. The fourth-order valence-electron chi connectivity index (χ4n) is 3.17. The molecule has 0 aromatic heterocycles. The highest BCUT2D eigenvalue weighted by molar-refractivity contribution is 6.30. The van der Waals surface area contributed by atoms with Crippen molar-refractivity contribution in [2.24, 2.45) is 0 Å². The quantitative estimate of drug-likeness (QED) is 0.779. The van der Waals surface area contributed by atoms with Gasteiger partial charge in [0.15, 0.2) is 0 Å². The molecule has 138 valence electrons. The monoisotopic (exact) mass is 372 g/mol. The number of halogens is 1. The van der Waals surface area contributed by atoms with Gasteiger partial charge in [0.25, 0.3) is 5.91 Å². The van der Waals surface area contributed by atoms with E-state index in [1.807, 2.05) is 47.4 Å². The Morgan fingerprint density at radius 3 is 2.42 bits per heavy atom. The lowest BCUT2D eigenvalue weighted by Crippen LogP contribution is -2.49. The number of amides is 1. The maximum atomic E-state index is 12.7. The molecule has 0 aliphatic carbocycles. The Labute approximate surface area is 160 Å². The van der Waals surface area contributed by atoms with Crippen LogP contribution in [0.1, 0.15) is 29.3 Å². The second-order valence-electron chi connectivity index (χ2n) is 6.58. The molecule has 2 aromatic carbocycles. The van der Waals surface area contributed by atoms with Crippen molar-refractivity contribution in [1.29, 1.82) is 0 Å². The van der Waals surface area contributed by atoms with E-state index in [9.17, 15) is 4.79 Å². The van der Waals surface area contributed by atoms with Crippen LogP contribution in [0.25, 0.3) is 0 Å². The Balaban J connectivity index is 1.60. The molecule has 0 bridgehead atoms. The zero-order valence-electron chi connectivity index (χ0n) is 15.4. The van der Waals surface area contributed by atoms with Crippen LogP contribution in [-0.4, -0.2) is 43.6 Å². The van der Waals surface area contributed by atoms with Gasteiger partial charge in [0.2, 0.25) is 0 Å². The number of carbonyl (C=O) groups excluding carboxylic acids is 1. The number of piperazine rings is 1. The Bertz CT molecular complexity index is 753. The molecule has 0 atom stereocenters. The van der Waals surface area contributed by atoms with Gasteiger partial charge in [-0.15, -0.1) is 0 Å². The highest BCUT2D eigenvalue weighted by Crippen LogP contribution is 2.25. The normalized spacial score (nSPS) is 14.4. The highest BCUT2D eigenvalue weighted by atomic mass is 35.5. The lowest BCUT2D eigenvalue weighted by Gasteiger charge is -2.37. The van der Waals surface area contributed by atoms with Crippen LogP contribution >= 0.6 is 11.6 Å². The van der Waals surface area contributed by atoms with Crippen LogP contribution in [-0.2, 0) is 0 Å². The van der Waals surface area contributed by atoms with Crippen molar-refractivity contribution in [2.45, 2.75) is 20.3 Å². The fourth-order valence-corrected chi connectivity index (χ4v) is 3.34. The molecule has 1 amide bonds. The minimum Gasteiger partial charge on any atom is -0.494 e. The van der Waals surface area contributed by atoms with Crippen LogP contribution in [0.15, 0.2) is 42.5 Å². The number of anilines is 1. The van der Waals surface area contributed by atoms with Crippen molar-refractivity contribution in [3.05, 3.63) is 58.6 Å². The maximum Gasteiger partial charge on any atom is 0.253 e. The first-order valence-corrected chi connectivity index (χ1v) is 9.49. The largest absolute Gasteiger partial charge is 0.494 e. The molecule has 1 aliphatic rings. The van der Waals surface area contributed by atoms with Crippen LogP contribution < -0.4 is 9.64 Å².